The summed E-state index contributed by atoms with van der Waals surface area (Å²) in [5.74, 6) is 0.287. The summed E-state index contributed by atoms with van der Waals surface area (Å²) in [5.41, 5.74) is 3.35. The summed E-state index contributed by atoms with van der Waals surface area (Å²) in [5, 5.41) is 4.18. The van der Waals surface area contributed by atoms with Crippen LogP contribution in [0.5, 0.6) is 0 Å². The third-order valence-corrected chi connectivity index (χ3v) is 5.79. The number of aryl methyl sites for hydroxylation is 1. The Labute approximate surface area is 140 Å². The summed E-state index contributed by atoms with van der Waals surface area (Å²) in [7, 11) is 0. The lowest BCUT2D eigenvalue weighted by Crippen LogP contribution is -2.46. The van der Waals surface area contributed by atoms with Gasteiger partial charge in [0.15, 0.2) is 0 Å². The highest BCUT2D eigenvalue weighted by molar-refractivity contribution is 7.07. The van der Waals surface area contributed by atoms with Crippen LogP contribution in [0, 0.1) is 6.92 Å². The minimum atomic E-state index is -0.276. The van der Waals surface area contributed by atoms with Crippen molar-refractivity contribution in [2.45, 2.75) is 31.3 Å². The average molecular weight is 327 g/mol. The molecule has 1 saturated carbocycles. The van der Waals surface area contributed by atoms with E-state index in [2.05, 4.69) is 35.9 Å². The van der Waals surface area contributed by atoms with Crippen molar-refractivity contribution in [1.82, 2.24) is 4.90 Å². The predicted molar refractivity (Wildman–Crippen MR) is 91.7 cm³/mol. The first-order valence-corrected chi connectivity index (χ1v) is 9.14. The number of rotatable bonds is 3. The van der Waals surface area contributed by atoms with E-state index in [1.54, 1.807) is 11.3 Å². The summed E-state index contributed by atoms with van der Waals surface area (Å²) in [6, 6.07) is 10.4. The zero-order chi connectivity index (χ0) is 15.9. The lowest BCUT2D eigenvalue weighted by atomic mass is 9.90. The molecule has 0 N–H and O–H groups in total. The van der Waals surface area contributed by atoms with E-state index in [4.69, 9.17) is 4.74 Å². The first-order chi connectivity index (χ1) is 11.2. The topological polar surface area (TPSA) is 29.5 Å². The lowest BCUT2D eigenvalue weighted by molar-refractivity contribution is -0.141. The van der Waals surface area contributed by atoms with E-state index in [9.17, 15) is 4.79 Å². The van der Waals surface area contributed by atoms with Crippen LogP contribution in [0.25, 0.3) is 0 Å². The number of carbonyl (C=O) groups excluding carboxylic acids is 1. The van der Waals surface area contributed by atoms with Crippen molar-refractivity contribution in [3.05, 3.63) is 57.8 Å². The van der Waals surface area contributed by atoms with Gasteiger partial charge in [0.2, 0.25) is 5.91 Å². The quantitative estimate of drug-likeness (QED) is 0.860. The third-order valence-electron chi connectivity index (χ3n) is 5.09. The number of thiophene rings is 1. The zero-order valence-electron chi connectivity index (χ0n) is 13.3. The molecule has 1 amide bonds. The monoisotopic (exact) mass is 327 g/mol. The van der Waals surface area contributed by atoms with Crippen LogP contribution in [-0.4, -0.2) is 30.5 Å². The van der Waals surface area contributed by atoms with E-state index in [1.165, 1.54) is 16.7 Å². The van der Waals surface area contributed by atoms with Gasteiger partial charge in [-0.3, -0.25) is 4.79 Å². The van der Waals surface area contributed by atoms with E-state index in [-0.39, 0.29) is 17.4 Å². The van der Waals surface area contributed by atoms with Crippen molar-refractivity contribution in [2.75, 3.05) is 19.7 Å². The SMILES string of the molecule is Cc1ccccc1C1(C(=O)N2CCOC(c3ccsc3)C2)CC1. The lowest BCUT2D eigenvalue weighted by Gasteiger charge is -2.35. The highest BCUT2D eigenvalue weighted by atomic mass is 32.1. The standard InChI is InChI=1S/C19H21NO2S/c1-14-4-2-3-5-16(14)19(7-8-19)18(21)20-9-10-22-17(12-20)15-6-11-23-13-15/h2-6,11,13,17H,7-10,12H2,1H3. The van der Waals surface area contributed by atoms with E-state index < -0.39 is 0 Å². The number of hydrogen-bond donors (Lipinski definition) is 0. The molecule has 0 radical (unpaired) electrons. The first kappa shape index (κ1) is 14.9. The molecule has 1 saturated heterocycles. The van der Waals surface area contributed by atoms with E-state index >= 15 is 0 Å². The highest BCUT2D eigenvalue weighted by Gasteiger charge is 2.54. The smallest absolute Gasteiger partial charge is 0.233 e. The summed E-state index contributed by atoms with van der Waals surface area (Å²) >= 11 is 1.68. The van der Waals surface area contributed by atoms with Crippen LogP contribution < -0.4 is 0 Å². The van der Waals surface area contributed by atoms with Crippen molar-refractivity contribution < 1.29 is 9.53 Å². The Morgan fingerprint density at radius 1 is 1.30 bits per heavy atom. The Morgan fingerprint density at radius 3 is 2.83 bits per heavy atom. The second kappa shape index (κ2) is 5.77. The molecule has 1 unspecified atom stereocenters. The van der Waals surface area contributed by atoms with Gasteiger partial charge in [0.05, 0.1) is 18.6 Å². The first-order valence-electron chi connectivity index (χ1n) is 8.20. The van der Waals surface area contributed by atoms with Gasteiger partial charge < -0.3 is 9.64 Å². The second-order valence-corrected chi connectivity index (χ2v) is 7.34. The predicted octanol–water partition coefficient (Wildman–Crippen LogP) is 3.69. The van der Waals surface area contributed by atoms with Gasteiger partial charge >= 0.3 is 0 Å². The van der Waals surface area contributed by atoms with E-state index in [0.717, 1.165) is 12.8 Å². The number of ether oxygens (including phenoxy) is 1. The van der Waals surface area contributed by atoms with Crippen molar-refractivity contribution in [1.29, 1.82) is 0 Å². The number of benzene rings is 1. The Balaban J connectivity index is 1.56. The van der Waals surface area contributed by atoms with Crippen LogP contribution in [0.4, 0.5) is 0 Å². The van der Waals surface area contributed by atoms with Gasteiger partial charge in [-0.15, -0.1) is 0 Å². The molecule has 2 fully saturated rings. The molecule has 1 aromatic heterocycles. The summed E-state index contributed by atoms with van der Waals surface area (Å²) in [6.45, 7) is 4.10. The molecule has 0 spiro atoms. The fourth-order valence-corrected chi connectivity index (χ4v) is 4.33. The second-order valence-electron chi connectivity index (χ2n) is 6.56. The molecule has 2 heterocycles. The molecule has 23 heavy (non-hydrogen) atoms. The maximum atomic E-state index is 13.2. The molecule has 1 aliphatic heterocycles. The minimum Gasteiger partial charge on any atom is -0.370 e. The molecular weight excluding hydrogens is 306 g/mol. The van der Waals surface area contributed by atoms with Crippen molar-refractivity contribution >= 4 is 17.2 Å². The molecule has 3 nitrogen and oxygen atoms in total. The van der Waals surface area contributed by atoms with E-state index in [1.807, 2.05) is 17.0 Å². The van der Waals surface area contributed by atoms with Gasteiger partial charge in [-0.1, -0.05) is 24.3 Å². The molecule has 4 heteroatoms. The van der Waals surface area contributed by atoms with Gasteiger partial charge in [-0.05, 0) is 53.3 Å². The fourth-order valence-electron chi connectivity index (χ4n) is 3.63. The summed E-state index contributed by atoms with van der Waals surface area (Å²) in [6.07, 6.45) is 1.96. The largest absolute Gasteiger partial charge is 0.370 e. The van der Waals surface area contributed by atoms with Gasteiger partial charge in [-0.25, -0.2) is 0 Å². The van der Waals surface area contributed by atoms with Crippen molar-refractivity contribution in [3.63, 3.8) is 0 Å². The maximum Gasteiger partial charge on any atom is 0.233 e. The molecule has 4 rings (SSSR count). The fraction of sp³-hybridized carbons (Fsp3) is 0.421. The van der Waals surface area contributed by atoms with Crippen LogP contribution in [0.3, 0.4) is 0 Å². The third kappa shape index (κ3) is 2.60. The van der Waals surface area contributed by atoms with Crippen LogP contribution in [-0.2, 0) is 14.9 Å². The van der Waals surface area contributed by atoms with Crippen LogP contribution in [0.15, 0.2) is 41.1 Å². The number of nitrogens with zero attached hydrogens (tertiary/aromatic N) is 1. The highest BCUT2D eigenvalue weighted by Crippen LogP contribution is 2.51. The van der Waals surface area contributed by atoms with Crippen molar-refractivity contribution in [2.24, 2.45) is 0 Å². The van der Waals surface area contributed by atoms with Crippen LogP contribution >= 0.6 is 11.3 Å². The average Bonchev–Trinajstić information content (AvgIpc) is 3.20. The van der Waals surface area contributed by atoms with Gasteiger partial charge in [0.25, 0.3) is 0 Å². The molecule has 2 aliphatic rings. The molecule has 2 aromatic rings. The normalized spacial score (nSPS) is 22.8. The molecular formula is C19H21NO2S. The van der Waals surface area contributed by atoms with Crippen LogP contribution in [0.2, 0.25) is 0 Å². The molecule has 120 valence electrons. The molecule has 1 atom stereocenters. The molecule has 1 aromatic carbocycles. The molecule has 1 aliphatic carbocycles. The Kier molecular flexibility index (Phi) is 3.74. The number of amides is 1. The van der Waals surface area contributed by atoms with Gasteiger partial charge in [0, 0.05) is 6.54 Å². The van der Waals surface area contributed by atoms with Gasteiger partial charge in [-0.2, -0.15) is 11.3 Å². The zero-order valence-corrected chi connectivity index (χ0v) is 14.1. The number of morpholine rings is 1. The number of hydrogen-bond acceptors (Lipinski definition) is 3. The van der Waals surface area contributed by atoms with Gasteiger partial charge in [0.1, 0.15) is 6.10 Å². The van der Waals surface area contributed by atoms with E-state index in [0.29, 0.717) is 19.7 Å². The Morgan fingerprint density at radius 2 is 2.13 bits per heavy atom. The summed E-state index contributed by atoms with van der Waals surface area (Å²) in [4.78, 5) is 15.2. The molecule has 0 bridgehead atoms. The van der Waals surface area contributed by atoms with Crippen molar-refractivity contribution in [3.8, 4) is 0 Å². The maximum absolute atomic E-state index is 13.2. The minimum absolute atomic E-state index is 0.0200. The summed E-state index contributed by atoms with van der Waals surface area (Å²) < 4.78 is 5.88. The Hall–Kier alpha value is -1.65. The Bertz CT molecular complexity index is 706. The van der Waals surface area contributed by atoms with Crippen LogP contribution in [0.1, 0.15) is 35.6 Å². The number of carbonyl (C=O) groups is 1.